The van der Waals surface area contributed by atoms with Crippen LogP contribution in [0.1, 0.15) is 26.7 Å². The molecule has 5 nitrogen and oxygen atoms in total. The summed E-state index contributed by atoms with van der Waals surface area (Å²) in [6.45, 7) is 6.79. The van der Waals surface area contributed by atoms with E-state index in [4.69, 9.17) is 4.74 Å². The van der Waals surface area contributed by atoms with Crippen molar-refractivity contribution in [3.05, 3.63) is 24.3 Å². The van der Waals surface area contributed by atoms with E-state index in [9.17, 15) is 4.79 Å². The van der Waals surface area contributed by atoms with Gasteiger partial charge in [0.1, 0.15) is 0 Å². The van der Waals surface area contributed by atoms with E-state index in [2.05, 4.69) is 41.5 Å². The first-order chi connectivity index (χ1) is 10.6. The van der Waals surface area contributed by atoms with Crippen molar-refractivity contribution in [3.8, 4) is 0 Å². The smallest absolute Gasteiger partial charge is 0.319 e. The molecule has 1 aromatic rings. The third-order valence-corrected chi connectivity index (χ3v) is 4.16. The second-order valence-electron chi connectivity index (χ2n) is 6.49. The predicted octanol–water partition coefficient (Wildman–Crippen LogP) is 2.83. The maximum absolute atomic E-state index is 11.8. The number of morpholine rings is 1. The van der Waals surface area contributed by atoms with Crippen LogP contribution in [0.25, 0.3) is 0 Å². The number of urea groups is 1. The van der Waals surface area contributed by atoms with Crippen LogP contribution in [-0.2, 0) is 4.74 Å². The molecule has 1 saturated heterocycles. The van der Waals surface area contributed by atoms with Gasteiger partial charge in [0, 0.05) is 31.0 Å². The molecule has 3 rings (SSSR count). The second-order valence-corrected chi connectivity index (χ2v) is 6.49. The van der Waals surface area contributed by atoms with Crippen LogP contribution in [0.3, 0.4) is 0 Å². The topological polar surface area (TPSA) is 53.6 Å². The van der Waals surface area contributed by atoms with Crippen molar-refractivity contribution in [1.29, 1.82) is 0 Å². The third-order valence-electron chi connectivity index (χ3n) is 4.16. The lowest BCUT2D eigenvalue weighted by Gasteiger charge is -2.36. The molecule has 0 bridgehead atoms. The molecule has 2 N–H and O–H groups in total. The van der Waals surface area contributed by atoms with Gasteiger partial charge in [-0.15, -0.1) is 0 Å². The second kappa shape index (κ2) is 6.57. The van der Waals surface area contributed by atoms with Crippen molar-refractivity contribution in [2.45, 2.75) is 38.9 Å². The van der Waals surface area contributed by atoms with Crippen molar-refractivity contribution < 1.29 is 9.53 Å². The van der Waals surface area contributed by atoms with Crippen LogP contribution < -0.4 is 15.5 Å². The van der Waals surface area contributed by atoms with Crippen molar-refractivity contribution in [3.63, 3.8) is 0 Å². The normalized spacial score (nSPS) is 24.9. The van der Waals surface area contributed by atoms with Crippen LogP contribution in [-0.4, -0.2) is 37.9 Å². The number of carbonyl (C=O) groups is 1. The van der Waals surface area contributed by atoms with Crippen LogP contribution in [0, 0.1) is 5.92 Å². The first-order valence-corrected chi connectivity index (χ1v) is 8.15. The molecule has 1 aromatic carbocycles. The molecule has 22 heavy (non-hydrogen) atoms. The van der Waals surface area contributed by atoms with E-state index in [0.717, 1.165) is 25.3 Å². The van der Waals surface area contributed by atoms with Gasteiger partial charge in [-0.25, -0.2) is 4.79 Å². The molecule has 0 radical (unpaired) electrons. The number of carbonyl (C=O) groups excluding carboxylic acids is 1. The Labute approximate surface area is 132 Å². The minimum Gasteiger partial charge on any atom is -0.372 e. The van der Waals surface area contributed by atoms with Crippen LogP contribution in [0.2, 0.25) is 0 Å². The zero-order chi connectivity index (χ0) is 15.5. The Kier molecular flexibility index (Phi) is 4.52. The van der Waals surface area contributed by atoms with Crippen molar-refractivity contribution in [2.75, 3.05) is 29.9 Å². The maximum atomic E-state index is 11.8. The van der Waals surface area contributed by atoms with Gasteiger partial charge in [-0.2, -0.15) is 0 Å². The number of anilines is 2. The van der Waals surface area contributed by atoms with E-state index in [-0.39, 0.29) is 18.2 Å². The summed E-state index contributed by atoms with van der Waals surface area (Å²) in [5, 5.41) is 5.79. The van der Waals surface area contributed by atoms with E-state index in [1.807, 2.05) is 12.1 Å². The lowest BCUT2D eigenvalue weighted by Crippen LogP contribution is -2.45. The summed E-state index contributed by atoms with van der Waals surface area (Å²) in [5.41, 5.74) is 2.00. The predicted molar refractivity (Wildman–Crippen MR) is 88.4 cm³/mol. The Balaban J connectivity index is 1.53. The number of benzene rings is 1. The molecule has 120 valence electrons. The molecule has 5 heteroatoms. The molecular formula is C17H25N3O2. The zero-order valence-electron chi connectivity index (χ0n) is 13.3. The molecule has 0 aromatic heterocycles. The zero-order valence-corrected chi connectivity index (χ0v) is 13.3. The van der Waals surface area contributed by atoms with Crippen LogP contribution in [0.15, 0.2) is 24.3 Å². The van der Waals surface area contributed by atoms with Gasteiger partial charge >= 0.3 is 6.03 Å². The van der Waals surface area contributed by atoms with E-state index in [1.165, 1.54) is 18.5 Å². The Morgan fingerprint density at radius 2 is 1.82 bits per heavy atom. The van der Waals surface area contributed by atoms with Crippen LogP contribution in [0.4, 0.5) is 16.2 Å². The fraction of sp³-hybridized carbons (Fsp3) is 0.588. The first-order valence-electron chi connectivity index (χ1n) is 8.15. The SMILES string of the molecule is CC1CN(c2ccc(NC(=O)NCC3CC3)cc2)CC(C)O1. The van der Waals surface area contributed by atoms with Gasteiger partial charge in [-0.3, -0.25) is 0 Å². The van der Waals surface area contributed by atoms with Gasteiger partial charge in [0.2, 0.25) is 0 Å². The van der Waals surface area contributed by atoms with E-state index < -0.39 is 0 Å². The van der Waals surface area contributed by atoms with Crippen molar-refractivity contribution in [2.24, 2.45) is 5.92 Å². The molecule has 1 aliphatic heterocycles. The minimum atomic E-state index is -0.117. The van der Waals surface area contributed by atoms with Gasteiger partial charge in [0.15, 0.2) is 0 Å². The molecule has 1 aliphatic carbocycles. The summed E-state index contributed by atoms with van der Waals surface area (Å²) < 4.78 is 5.76. The summed E-state index contributed by atoms with van der Waals surface area (Å²) in [5.74, 6) is 0.693. The number of ether oxygens (including phenoxy) is 1. The lowest BCUT2D eigenvalue weighted by molar-refractivity contribution is -0.00521. The molecule has 2 aliphatic rings. The summed E-state index contributed by atoms with van der Waals surface area (Å²) in [6.07, 6.45) is 2.97. The molecule has 1 saturated carbocycles. The number of nitrogens with one attached hydrogen (secondary N) is 2. The highest BCUT2D eigenvalue weighted by atomic mass is 16.5. The van der Waals surface area contributed by atoms with Gasteiger partial charge < -0.3 is 20.3 Å². The monoisotopic (exact) mass is 303 g/mol. The van der Waals surface area contributed by atoms with Gasteiger partial charge in [-0.05, 0) is 56.9 Å². The fourth-order valence-electron chi connectivity index (χ4n) is 2.88. The Bertz CT molecular complexity index is 503. The summed E-state index contributed by atoms with van der Waals surface area (Å²) in [7, 11) is 0. The number of hydrogen-bond acceptors (Lipinski definition) is 3. The van der Waals surface area contributed by atoms with Crippen LogP contribution in [0.5, 0.6) is 0 Å². The van der Waals surface area contributed by atoms with Crippen LogP contribution >= 0.6 is 0 Å². The molecule has 2 amide bonds. The Morgan fingerprint density at radius 3 is 2.41 bits per heavy atom. The molecular weight excluding hydrogens is 278 g/mol. The van der Waals surface area contributed by atoms with E-state index >= 15 is 0 Å². The standard InChI is InChI=1S/C17H25N3O2/c1-12-10-20(11-13(2)22-12)16-7-5-15(6-8-16)19-17(21)18-9-14-3-4-14/h5-8,12-14H,3-4,9-11H2,1-2H3,(H2,18,19,21). The molecule has 0 spiro atoms. The first kappa shape index (κ1) is 15.2. The Morgan fingerprint density at radius 1 is 1.18 bits per heavy atom. The number of rotatable bonds is 4. The quantitative estimate of drug-likeness (QED) is 0.899. The highest BCUT2D eigenvalue weighted by molar-refractivity contribution is 5.89. The highest BCUT2D eigenvalue weighted by Crippen LogP contribution is 2.27. The van der Waals surface area contributed by atoms with E-state index in [0.29, 0.717) is 5.92 Å². The number of hydrogen-bond donors (Lipinski definition) is 2. The maximum Gasteiger partial charge on any atom is 0.319 e. The average molecular weight is 303 g/mol. The lowest BCUT2D eigenvalue weighted by atomic mass is 10.2. The summed E-state index contributed by atoms with van der Waals surface area (Å²) in [6, 6.07) is 7.91. The third kappa shape index (κ3) is 4.13. The Hall–Kier alpha value is -1.75. The average Bonchev–Trinajstić information content (AvgIpc) is 3.29. The fourth-order valence-corrected chi connectivity index (χ4v) is 2.88. The van der Waals surface area contributed by atoms with Gasteiger partial charge in [-0.1, -0.05) is 0 Å². The van der Waals surface area contributed by atoms with Crippen molar-refractivity contribution >= 4 is 17.4 Å². The number of amides is 2. The van der Waals surface area contributed by atoms with E-state index in [1.54, 1.807) is 0 Å². The number of nitrogens with zero attached hydrogens (tertiary/aromatic N) is 1. The molecule has 2 fully saturated rings. The minimum absolute atomic E-state index is 0.117. The largest absolute Gasteiger partial charge is 0.372 e. The van der Waals surface area contributed by atoms with Crippen molar-refractivity contribution in [1.82, 2.24) is 5.32 Å². The summed E-state index contributed by atoms with van der Waals surface area (Å²) >= 11 is 0. The molecule has 2 atom stereocenters. The molecule has 1 heterocycles. The summed E-state index contributed by atoms with van der Waals surface area (Å²) in [4.78, 5) is 14.1. The molecule has 2 unspecified atom stereocenters. The van der Waals surface area contributed by atoms with Gasteiger partial charge in [0.05, 0.1) is 12.2 Å². The highest BCUT2D eigenvalue weighted by Gasteiger charge is 2.23. The van der Waals surface area contributed by atoms with Gasteiger partial charge in [0.25, 0.3) is 0 Å².